The smallest absolute Gasteiger partial charge is 0.293 e. The number of rotatable bonds is 9. The third kappa shape index (κ3) is 4.54. The summed E-state index contributed by atoms with van der Waals surface area (Å²) in [6.45, 7) is 5.12. The number of anilines is 1. The van der Waals surface area contributed by atoms with E-state index in [0.29, 0.717) is 24.3 Å². The lowest BCUT2D eigenvalue weighted by molar-refractivity contribution is -0.384. The van der Waals surface area contributed by atoms with Crippen LogP contribution in [-0.4, -0.2) is 41.7 Å². The summed E-state index contributed by atoms with van der Waals surface area (Å²) < 4.78 is 0. The quantitative estimate of drug-likeness (QED) is 0.399. The van der Waals surface area contributed by atoms with Gasteiger partial charge in [0.2, 0.25) is 0 Å². The second kappa shape index (κ2) is 9.64. The number of nitro benzene ring substituents is 1. The van der Waals surface area contributed by atoms with Crippen molar-refractivity contribution in [2.45, 2.75) is 26.7 Å². The number of benzene rings is 2. The van der Waals surface area contributed by atoms with Gasteiger partial charge in [-0.05, 0) is 31.5 Å². The topological polar surface area (TPSA) is 92.6 Å². The van der Waals surface area contributed by atoms with Crippen molar-refractivity contribution in [1.29, 1.82) is 0 Å². The number of nitrogens with zero attached hydrogens (tertiary/aromatic N) is 2. The lowest BCUT2D eigenvalue weighted by atomic mass is 9.97. The molecule has 0 fully saturated rings. The molecule has 0 aliphatic carbocycles. The van der Waals surface area contributed by atoms with Crippen molar-refractivity contribution in [2.24, 2.45) is 0 Å². The minimum absolute atomic E-state index is 0.169. The standard InChI is InChI=1S/C21H25N3O4/c1-4-6-13-23(5-2)21(26)17-10-8-7-9-16(17)20(25)15-11-12-18(22-3)19(14-15)24(27)28/h7-12,14,22H,4-6,13H2,1-3H3. The number of unbranched alkanes of at least 4 members (excludes halogenated alkanes) is 1. The van der Waals surface area contributed by atoms with Gasteiger partial charge in [0.05, 0.1) is 10.5 Å². The molecular weight excluding hydrogens is 358 g/mol. The first-order chi connectivity index (χ1) is 13.4. The zero-order valence-electron chi connectivity index (χ0n) is 16.4. The predicted octanol–water partition coefficient (Wildman–Crippen LogP) is 4.13. The first-order valence-corrected chi connectivity index (χ1v) is 9.33. The van der Waals surface area contributed by atoms with Crippen molar-refractivity contribution >= 4 is 23.1 Å². The summed E-state index contributed by atoms with van der Waals surface area (Å²) in [4.78, 5) is 38.5. The van der Waals surface area contributed by atoms with E-state index in [0.717, 1.165) is 12.8 Å². The molecule has 0 aliphatic rings. The fourth-order valence-corrected chi connectivity index (χ4v) is 2.98. The molecule has 28 heavy (non-hydrogen) atoms. The molecule has 0 saturated carbocycles. The van der Waals surface area contributed by atoms with Crippen LogP contribution < -0.4 is 5.32 Å². The molecule has 7 heteroatoms. The molecule has 2 aromatic rings. The second-order valence-electron chi connectivity index (χ2n) is 6.35. The predicted molar refractivity (Wildman–Crippen MR) is 109 cm³/mol. The Kier molecular flexibility index (Phi) is 7.26. The van der Waals surface area contributed by atoms with Gasteiger partial charge in [0, 0.05) is 37.3 Å². The van der Waals surface area contributed by atoms with Crippen molar-refractivity contribution in [3.63, 3.8) is 0 Å². The molecule has 148 valence electrons. The van der Waals surface area contributed by atoms with Crippen LogP contribution in [0.4, 0.5) is 11.4 Å². The van der Waals surface area contributed by atoms with E-state index in [2.05, 4.69) is 12.2 Å². The number of carbonyl (C=O) groups is 2. The van der Waals surface area contributed by atoms with E-state index in [9.17, 15) is 19.7 Å². The van der Waals surface area contributed by atoms with Crippen LogP contribution in [-0.2, 0) is 0 Å². The zero-order chi connectivity index (χ0) is 20.7. The third-order valence-corrected chi connectivity index (χ3v) is 4.58. The van der Waals surface area contributed by atoms with Crippen LogP contribution in [0.15, 0.2) is 42.5 Å². The van der Waals surface area contributed by atoms with Crippen LogP contribution in [0.2, 0.25) is 0 Å². The molecule has 0 heterocycles. The summed E-state index contributed by atoms with van der Waals surface area (Å²) in [5, 5.41) is 14.0. The fraction of sp³-hybridized carbons (Fsp3) is 0.333. The molecule has 0 spiro atoms. The highest BCUT2D eigenvalue weighted by Gasteiger charge is 2.23. The molecule has 0 bridgehead atoms. The van der Waals surface area contributed by atoms with Gasteiger partial charge in [0.25, 0.3) is 11.6 Å². The van der Waals surface area contributed by atoms with Gasteiger partial charge < -0.3 is 10.2 Å². The second-order valence-corrected chi connectivity index (χ2v) is 6.35. The third-order valence-electron chi connectivity index (χ3n) is 4.58. The Labute approximate surface area is 164 Å². The Morgan fingerprint density at radius 1 is 1.11 bits per heavy atom. The molecule has 2 rings (SSSR count). The molecule has 1 amide bonds. The van der Waals surface area contributed by atoms with Crippen molar-refractivity contribution in [3.05, 3.63) is 69.3 Å². The average Bonchev–Trinajstić information content (AvgIpc) is 2.73. The molecule has 0 aliphatic heterocycles. The fourth-order valence-electron chi connectivity index (χ4n) is 2.98. The molecule has 7 nitrogen and oxygen atoms in total. The molecule has 0 aromatic heterocycles. The van der Waals surface area contributed by atoms with E-state index < -0.39 is 10.7 Å². The first-order valence-electron chi connectivity index (χ1n) is 9.33. The van der Waals surface area contributed by atoms with Gasteiger partial charge in [-0.15, -0.1) is 0 Å². The number of carbonyl (C=O) groups excluding carboxylic acids is 2. The summed E-state index contributed by atoms with van der Waals surface area (Å²) in [6, 6.07) is 10.9. The van der Waals surface area contributed by atoms with E-state index in [4.69, 9.17) is 0 Å². The lowest BCUT2D eigenvalue weighted by Gasteiger charge is -2.22. The molecule has 0 saturated heterocycles. The van der Waals surface area contributed by atoms with Crippen molar-refractivity contribution in [2.75, 3.05) is 25.5 Å². The molecular formula is C21H25N3O4. The van der Waals surface area contributed by atoms with Crippen LogP contribution >= 0.6 is 0 Å². The summed E-state index contributed by atoms with van der Waals surface area (Å²) >= 11 is 0. The Balaban J connectivity index is 2.44. The minimum Gasteiger partial charge on any atom is -0.383 e. The van der Waals surface area contributed by atoms with Crippen LogP contribution in [0.25, 0.3) is 0 Å². The highest BCUT2D eigenvalue weighted by atomic mass is 16.6. The average molecular weight is 383 g/mol. The monoisotopic (exact) mass is 383 g/mol. The lowest BCUT2D eigenvalue weighted by Crippen LogP contribution is -2.32. The van der Waals surface area contributed by atoms with E-state index >= 15 is 0 Å². The van der Waals surface area contributed by atoms with Gasteiger partial charge >= 0.3 is 0 Å². The maximum absolute atomic E-state index is 13.1. The number of ketones is 1. The van der Waals surface area contributed by atoms with Crippen LogP contribution in [0, 0.1) is 10.1 Å². The number of nitro groups is 1. The molecule has 0 unspecified atom stereocenters. The largest absolute Gasteiger partial charge is 0.383 e. The summed E-state index contributed by atoms with van der Waals surface area (Å²) in [5.41, 5.74) is 0.861. The van der Waals surface area contributed by atoms with Gasteiger partial charge in [-0.3, -0.25) is 19.7 Å². The van der Waals surface area contributed by atoms with Crippen LogP contribution in [0.1, 0.15) is 53.0 Å². The summed E-state index contributed by atoms with van der Waals surface area (Å²) in [6.07, 6.45) is 1.85. The SMILES string of the molecule is CCCCN(CC)C(=O)c1ccccc1C(=O)c1ccc(NC)c([N+](=O)[O-])c1. The Hall–Kier alpha value is -3.22. The molecule has 0 atom stereocenters. The number of nitrogens with one attached hydrogen (secondary N) is 1. The van der Waals surface area contributed by atoms with E-state index in [-0.39, 0.29) is 22.7 Å². The number of hydrogen-bond acceptors (Lipinski definition) is 5. The normalized spacial score (nSPS) is 10.4. The van der Waals surface area contributed by atoms with Crippen molar-refractivity contribution < 1.29 is 14.5 Å². The molecule has 2 aromatic carbocycles. The highest BCUT2D eigenvalue weighted by Crippen LogP contribution is 2.27. The zero-order valence-corrected chi connectivity index (χ0v) is 16.4. The van der Waals surface area contributed by atoms with E-state index in [1.807, 2.05) is 6.92 Å². The van der Waals surface area contributed by atoms with Gasteiger partial charge in [-0.2, -0.15) is 0 Å². The maximum Gasteiger partial charge on any atom is 0.293 e. The summed E-state index contributed by atoms with van der Waals surface area (Å²) in [7, 11) is 1.58. The van der Waals surface area contributed by atoms with E-state index in [1.165, 1.54) is 18.2 Å². The number of hydrogen-bond donors (Lipinski definition) is 1. The summed E-state index contributed by atoms with van der Waals surface area (Å²) in [5.74, 6) is -0.623. The van der Waals surface area contributed by atoms with Crippen LogP contribution in [0.3, 0.4) is 0 Å². The van der Waals surface area contributed by atoms with Gasteiger partial charge in [0.1, 0.15) is 5.69 Å². The Morgan fingerprint density at radius 3 is 2.36 bits per heavy atom. The number of amides is 1. The molecule has 1 N–H and O–H groups in total. The Morgan fingerprint density at radius 2 is 1.79 bits per heavy atom. The maximum atomic E-state index is 13.1. The first kappa shape index (κ1) is 21.1. The molecule has 0 radical (unpaired) electrons. The Bertz CT molecular complexity index is 880. The van der Waals surface area contributed by atoms with Gasteiger partial charge in [0.15, 0.2) is 5.78 Å². The minimum atomic E-state index is -0.538. The van der Waals surface area contributed by atoms with Crippen molar-refractivity contribution in [3.8, 4) is 0 Å². The van der Waals surface area contributed by atoms with Gasteiger partial charge in [-0.25, -0.2) is 0 Å². The van der Waals surface area contributed by atoms with Crippen molar-refractivity contribution in [1.82, 2.24) is 4.90 Å². The van der Waals surface area contributed by atoms with Crippen LogP contribution in [0.5, 0.6) is 0 Å². The van der Waals surface area contributed by atoms with E-state index in [1.54, 1.807) is 36.2 Å². The highest BCUT2D eigenvalue weighted by molar-refractivity contribution is 6.15. The van der Waals surface area contributed by atoms with Gasteiger partial charge in [-0.1, -0.05) is 31.5 Å².